The summed E-state index contributed by atoms with van der Waals surface area (Å²) in [6.45, 7) is 8.64. The van der Waals surface area contributed by atoms with Crippen molar-refractivity contribution in [3.05, 3.63) is 45.6 Å². The molecular formula is C20H22N4O2. The van der Waals surface area contributed by atoms with Gasteiger partial charge in [-0.15, -0.1) is 0 Å². The van der Waals surface area contributed by atoms with E-state index in [4.69, 9.17) is 21.2 Å². The van der Waals surface area contributed by atoms with Gasteiger partial charge in [-0.2, -0.15) is 0 Å². The maximum atomic E-state index is 12.1. The fourth-order valence-electron chi connectivity index (χ4n) is 3.93. The predicted molar refractivity (Wildman–Crippen MR) is 102 cm³/mol. The normalized spacial score (nSPS) is 13.1. The first-order chi connectivity index (χ1) is 12.3. The van der Waals surface area contributed by atoms with Crippen molar-refractivity contribution in [2.45, 2.75) is 34.1 Å². The van der Waals surface area contributed by atoms with Crippen molar-refractivity contribution in [2.24, 2.45) is 5.73 Å². The molecule has 0 bridgehead atoms. The number of pyridine rings is 1. The van der Waals surface area contributed by atoms with E-state index in [-0.39, 0.29) is 0 Å². The van der Waals surface area contributed by atoms with Crippen LogP contribution < -0.4 is 16.2 Å². The summed E-state index contributed by atoms with van der Waals surface area (Å²) in [4.78, 5) is 16.8. The summed E-state index contributed by atoms with van der Waals surface area (Å²) in [7, 11) is 0. The molecule has 1 amide bonds. The summed E-state index contributed by atoms with van der Waals surface area (Å²) in [5, 5.41) is 0.679. The van der Waals surface area contributed by atoms with Crippen LogP contribution >= 0.6 is 0 Å². The van der Waals surface area contributed by atoms with E-state index < -0.39 is 5.91 Å². The molecule has 4 N–H and O–H groups in total. The number of carbonyl (C=O) groups excluding carboxylic acids is 1. The summed E-state index contributed by atoms with van der Waals surface area (Å²) < 4.78 is 7.67. The van der Waals surface area contributed by atoms with Crippen LogP contribution in [0.4, 0.5) is 5.82 Å². The summed E-state index contributed by atoms with van der Waals surface area (Å²) >= 11 is 0. The minimum Gasteiger partial charge on any atom is -0.493 e. The number of nitrogen functional groups attached to an aromatic ring is 1. The molecule has 26 heavy (non-hydrogen) atoms. The van der Waals surface area contributed by atoms with Crippen LogP contribution in [0, 0.1) is 27.7 Å². The van der Waals surface area contributed by atoms with Gasteiger partial charge in [-0.05, 0) is 50.5 Å². The number of carbonyl (C=O) groups is 1. The van der Waals surface area contributed by atoms with E-state index >= 15 is 0 Å². The highest BCUT2D eigenvalue weighted by molar-refractivity contribution is 6.11. The summed E-state index contributed by atoms with van der Waals surface area (Å²) in [6, 6.07) is 4.06. The molecule has 0 unspecified atom stereocenters. The van der Waals surface area contributed by atoms with E-state index in [1.165, 1.54) is 5.56 Å². The third kappa shape index (κ3) is 2.11. The number of aromatic nitrogens is 2. The zero-order valence-electron chi connectivity index (χ0n) is 15.4. The third-order valence-corrected chi connectivity index (χ3v) is 5.26. The number of amides is 1. The number of hydrogen-bond acceptors (Lipinski definition) is 4. The molecule has 2 aromatic heterocycles. The highest BCUT2D eigenvalue weighted by Gasteiger charge is 2.26. The lowest BCUT2D eigenvalue weighted by molar-refractivity contribution is 0.100. The third-order valence-electron chi connectivity index (χ3n) is 5.26. The topological polar surface area (TPSA) is 96.2 Å². The van der Waals surface area contributed by atoms with E-state index in [1.54, 1.807) is 0 Å². The lowest BCUT2D eigenvalue weighted by Crippen LogP contribution is -2.14. The van der Waals surface area contributed by atoms with E-state index in [2.05, 4.69) is 6.07 Å². The van der Waals surface area contributed by atoms with Crippen molar-refractivity contribution < 1.29 is 9.53 Å². The number of aryl methyl sites for hydroxylation is 3. The fraction of sp³-hybridized carbons (Fsp3) is 0.300. The van der Waals surface area contributed by atoms with Crippen LogP contribution in [0.2, 0.25) is 0 Å². The van der Waals surface area contributed by atoms with Crippen LogP contribution in [0.15, 0.2) is 12.1 Å². The molecule has 4 rings (SSSR count). The maximum Gasteiger partial charge on any atom is 0.253 e. The van der Waals surface area contributed by atoms with Crippen LogP contribution in [0.1, 0.15) is 38.3 Å². The van der Waals surface area contributed by atoms with Crippen LogP contribution in [-0.4, -0.2) is 22.1 Å². The number of benzene rings is 1. The summed E-state index contributed by atoms with van der Waals surface area (Å²) in [5.74, 6) is 0.662. The monoisotopic (exact) mass is 350 g/mol. The van der Waals surface area contributed by atoms with Crippen molar-refractivity contribution in [3.63, 3.8) is 0 Å². The number of hydrogen-bond donors (Lipinski definition) is 2. The van der Waals surface area contributed by atoms with Gasteiger partial charge in [0, 0.05) is 23.1 Å². The molecule has 0 saturated carbocycles. The standard InChI is InChI=1S/C20H22N4O2/c1-9-8-14-15(19(22)25)18(21)24(20(14)23-12(9)4)16-10(2)7-13-5-6-26-17(13)11(16)3/h7-8H,5-6,21H2,1-4H3,(H2,22,25). The van der Waals surface area contributed by atoms with Gasteiger partial charge in [0.05, 0.1) is 17.9 Å². The zero-order valence-corrected chi connectivity index (χ0v) is 15.4. The second kappa shape index (κ2) is 5.49. The minimum atomic E-state index is -0.552. The molecule has 0 fully saturated rings. The van der Waals surface area contributed by atoms with Crippen molar-refractivity contribution in [1.82, 2.24) is 9.55 Å². The molecule has 3 aromatic rings. The predicted octanol–water partition coefficient (Wildman–Crippen LogP) is 2.88. The molecule has 1 aliphatic heterocycles. The first-order valence-electron chi connectivity index (χ1n) is 8.65. The Hall–Kier alpha value is -3.02. The Morgan fingerprint density at radius 1 is 1.19 bits per heavy atom. The van der Waals surface area contributed by atoms with E-state index in [9.17, 15) is 4.79 Å². The smallest absolute Gasteiger partial charge is 0.253 e. The molecule has 6 heteroatoms. The number of nitrogens with zero attached hydrogens (tertiary/aromatic N) is 2. The molecule has 0 aliphatic carbocycles. The van der Waals surface area contributed by atoms with Crippen LogP contribution in [0.3, 0.4) is 0 Å². The summed E-state index contributed by atoms with van der Waals surface area (Å²) in [5.41, 5.74) is 19.1. The number of fused-ring (bicyclic) bond motifs is 2. The molecule has 0 saturated heterocycles. The molecule has 0 radical (unpaired) electrons. The number of nitrogens with two attached hydrogens (primary N) is 2. The average Bonchev–Trinajstić information content (AvgIpc) is 3.12. The lowest BCUT2D eigenvalue weighted by Gasteiger charge is -2.17. The first-order valence-corrected chi connectivity index (χ1v) is 8.65. The molecule has 1 aromatic carbocycles. The van der Waals surface area contributed by atoms with Crippen molar-refractivity contribution in [2.75, 3.05) is 12.3 Å². The molecule has 6 nitrogen and oxygen atoms in total. The van der Waals surface area contributed by atoms with Gasteiger partial charge in [0.1, 0.15) is 17.2 Å². The van der Waals surface area contributed by atoms with Crippen molar-refractivity contribution in [3.8, 4) is 11.4 Å². The van der Waals surface area contributed by atoms with Gasteiger partial charge < -0.3 is 16.2 Å². The van der Waals surface area contributed by atoms with Gasteiger partial charge in [-0.25, -0.2) is 4.98 Å². The Labute approximate surface area is 151 Å². The molecule has 1 aliphatic rings. The molecule has 0 atom stereocenters. The average molecular weight is 350 g/mol. The van der Waals surface area contributed by atoms with E-state index in [1.807, 2.05) is 38.3 Å². The first kappa shape index (κ1) is 16.4. The lowest BCUT2D eigenvalue weighted by atomic mass is 10.0. The number of ether oxygens (including phenoxy) is 1. The highest BCUT2D eigenvalue weighted by atomic mass is 16.5. The fourth-order valence-corrected chi connectivity index (χ4v) is 3.93. The number of primary amides is 1. The number of anilines is 1. The Morgan fingerprint density at radius 3 is 2.62 bits per heavy atom. The Morgan fingerprint density at radius 2 is 1.92 bits per heavy atom. The molecule has 0 spiro atoms. The second-order valence-electron chi connectivity index (χ2n) is 6.98. The van der Waals surface area contributed by atoms with Crippen LogP contribution in [0.25, 0.3) is 16.7 Å². The van der Waals surface area contributed by atoms with E-state index in [0.717, 1.165) is 40.2 Å². The largest absolute Gasteiger partial charge is 0.493 e. The zero-order chi connectivity index (χ0) is 18.7. The van der Waals surface area contributed by atoms with Gasteiger partial charge in [0.15, 0.2) is 0 Å². The van der Waals surface area contributed by atoms with Crippen LogP contribution in [-0.2, 0) is 6.42 Å². The second-order valence-corrected chi connectivity index (χ2v) is 6.98. The van der Waals surface area contributed by atoms with Crippen molar-refractivity contribution >= 4 is 22.8 Å². The van der Waals surface area contributed by atoms with Crippen molar-refractivity contribution in [1.29, 1.82) is 0 Å². The minimum absolute atomic E-state index is 0.314. The summed E-state index contributed by atoms with van der Waals surface area (Å²) in [6.07, 6.45) is 0.905. The van der Waals surface area contributed by atoms with Gasteiger partial charge in [0.25, 0.3) is 5.91 Å². The maximum absolute atomic E-state index is 12.1. The van der Waals surface area contributed by atoms with Gasteiger partial charge in [-0.1, -0.05) is 6.07 Å². The molecule has 134 valence electrons. The quantitative estimate of drug-likeness (QED) is 0.743. The highest BCUT2D eigenvalue weighted by Crippen LogP contribution is 2.39. The molecule has 3 heterocycles. The van der Waals surface area contributed by atoms with Gasteiger partial charge >= 0.3 is 0 Å². The van der Waals surface area contributed by atoms with Gasteiger partial charge in [-0.3, -0.25) is 9.36 Å². The number of rotatable bonds is 2. The Kier molecular flexibility index (Phi) is 3.47. The van der Waals surface area contributed by atoms with Crippen LogP contribution in [0.5, 0.6) is 5.75 Å². The van der Waals surface area contributed by atoms with Gasteiger partial charge in [0.2, 0.25) is 0 Å². The molecular weight excluding hydrogens is 328 g/mol. The van der Waals surface area contributed by atoms with E-state index in [0.29, 0.717) is 29.0 Å². The Bertz CT molecular complexity index is 1100. The SMILES string of the molecule is Cc1cc2c(C(N)=O)c(N)n(-c3c(C)cc4c(c3C)OCC4)c2nc1C. The Balaban J connectivity index is 2.16.